The van der Waals surface area contributed by atoms with Crippen molar-refractivity contribution in [2.24, 2.45) is 0 Å². The van der Waals surface area contributed by atoms with Crippen molar-refractivity contribution in [1.29, 1.82) is 0 Å². The second kappa shape index (κ2) is 5.89. The highest BCUT2D eigenvalue weighted by atomic mass is 16.5. The van der Waals surface area contributed by atoms with Crippen molar-refractivity contribution in [1.82, 2.24) is 0 Å². The van der Waals surface area contributed by atoms with Crippen LogP contribution >= 0.6 is 0 Å². The lowest BCUT2D eigenvalue weighted by molar-refractivity contribution is 0.415. The predicted octanol–water partition coefficient (Wildman–Crippen LogP) is 5.48. The van der Waals surface area contributed by atoms with E-state index in [1.165, 1.54) is 10.8 Å². The largest absolute Gasteiger partial charge is 0.497 e. The molecule has 0 atom stereocenters. The summed E-state index contributed by atoms with van der Waals surface area (Å²) in [7, 11) is 3.39. The molecule has 0 saturated carbocycles. The van der Waals surface area contributed by atoms with Crippen LogP contribution in [0.4, 0.5) is 0 Å². The van der Waals surface area contributed by atoms with Gasteiger partial charge in [-0.3, -0.25) is 0 Å². The lowest BCUT2D eigenvalue weighted by atomic mass is 9.95. The van der Waals surface area contributed by atoms with Crippen LogP contribution in [0.3, 0.4) is 0 Å². The van der Waals surface area contributed by atoms with Crippen molar-refractivity contribution in [2.75, 3.05) is 14.2 Å². The van der Waals surface area contributed by atoms with Crippen LogP contribution in [0.25, 0.3) is 32.7 Å². The normalized spacial score (nSPS) is 10.9. The summed E-state index contributed by atoms with van der Waals surface area (Å²) in [6.45, 7) is 0. The molecule has 0 heterocycles. The molecule has 2 heteroatoms. The van der Waals surface area contributed by atoms with E-state index in [9.17, 15) is 0 Å². The van der Waals surface area contributed by atoms with E-state index >= 15 is 0 Å². The molecule has 0 N–H and O–H groups in total. The fourth-order valence-electron chi connectivity index (χ4n) is 3.13. The van der Waals surface area contributed by atoms with Gasteiger partial charge in [0.2, 0.25) is 0 Å². The Morgan fingerprint density at radius 2 is 1.54 bits per heavy atom. The minimum Gasteiger partial charge on any atom is -0.497 e. The van der Waals surface area contributed by atoms with E-state index in [4.69, 9.17) is 9.47 Å². The second-order valence-corrected chi connectivity index (χ2v) is 5.71. The number of benzene rings is 4. The maximum absolute atomic E-state index is 5.66. The SMILES string of the molecule is COc1ccc2c(-c3cc4ccccc4cc3OC)[c]ccc2c1. The van der Waals surface area contributed by atoms with E-state index in [2.05, 4.69) is 48.5 Å². The van der Waals surface area contributed by atoms with Crippen LogP contribution in [-0.2, 0) is 0 Å². The zero-order chi connectivity index (χ0) is 16.5. The molecule has 0 aliphatic heterocycles. The average molecular weight is 313 g/mol. The maximum atomic E-state index is 5.66. The molecule has 2 nitrogen and oxygen atoms in total. The van der Waals surface area contributed by atoms with E-state index in [-0.39, 0.29) is 0 Å². The Balaban J connectivity index is 2.01. The van der Waals surface area contributed by atoms with E-state index in [1.807, 2.05) is 24.3 Å². The predicted molar refractivity (Wildman–Crippen MR) is 98.8 cm³/mol. The summed E-state index contributed by atoms with van der Waals surface area (Å²) in [6, 6.07) is 26.0. The zero-order valence-corrected chi connectivity index (χ0v) is 13.7. The highest BCUT2D eigenvalue weighted by Gasteiger charge is 2.11. The van der Waals surface area contributed by atoms with Crippen LogP contribution < -0.4 is 9.47 Å². The molecule has 0 spiro atoms. The third kappa shape index (κ3) is 2.37. The lowest BCUT2D eigenvalue weighted by Gasteiger charge is -2.13. The molecule has 4 rings (SSSR count). The fraction of sp³-hybridized carbons (Fsp3) is 0.0909. The molecule has 0 bridgehead atoms. The van der Waals surface area contributed by atoms with Crippen LogP contribution in [0.5, 0.6) is 11.5 Å². The van der Waals surface area contributed by atoms with Gasteiger partial charge in [0.15, 0.2) is 0 Å². The first kappa shape index (κ1) is 14.6. The third-order valence-electron chi connectivity index (χ3n) is 4.36. The van der Waals surface area contributed by atoms with Crippen molar-refractivity contribution < 1.29 is 9.47 Å². The Morgan fingerprint density at radius 1 is 0.750 bits per heavy atom. The average Bonchev–Trinajstić information content (AvgIpc) is 2.65. The van der Waals surface area contributed by atoms with Crippen molar-refractivity contribution in [3.8, 4) is 22.6 Å². The summed E-state index contributed by atoms with van der Waals surface area (Å²) in [4.78, 5) is 0. The molecule has 0 aliphatic carbocycles. The summed E-state index contributed by atoms with van der Waals surface area (Å²) in [5.41, 5.74) is 2.09. The molecule has 0 amide bonds. The molecule has 1 radical (unpaired) electrons. The van der Waals surface area contributed by atoms with Gasteiger partial charge in [-0.1, -0.05) is 42.5 Å². The number of ether oxygens (including phenoxy) is 2. The van der Waals surface area contributed by atoms with Gasteiger partial charge < -0.3 is 9.47 Å². The van der Waals surface area contributed by atoms with Gasteiger partial charge in [0.1, 0.15) is 11.5 Å². The van der Waals surface area contributed by atoms with Crippen molar-refractivity contribution in [3.05, 3.63) is 72.8 Å². The molecule has 4 aromatic carbocycles. The summed E-state index contributed by atoms with van der Waals surface area (Å²) in [5.74, 6) is 1.71. The summed E-state index contributed by atoms with van der Waals surface area (Å²) < 4.78 is 11.0. The van der Waals surface area contributed by atoms with E-state index in [0.717, 1.165) is 33.4 Å². The van der Waals surface area contributed by atoms with Crippen LogP contribution in [0.2, 0.25) is 0 Å². The molecular weight excluding hydrogens is 296 g/mol. The third-order valence-corrected chi connectivity index (χ3v) is 4.36. The van der Waals surface area contributed by atoms with Crippen molar-refractivity contribution in [2.45, 2.75) is 0 Å². The molecule has 4 aromatic rings. The van der Waals surface area contributed by atoms with Crippen molar-refractivity contribution in [3.63, 3.8) is 0 Å². The topological polar surface area (TPSA) is 18.5 Å². The van der Waals surface area contributed by atoms with Crippen LogP contribution in [0.1, 0.15) is 0 Å². The van der Waals surface area contributed by atoms with Gasteiger partial charge in [0, 0.05) is 11.1 Å². The molecule has 0 saturated heterocycles. The first-order chi connectivity index (χ1) is 11.8. The molecular formula is C22H17O2. The summed E-state index contributed by atoms with van der Waals surface area (Å²) in [6.07, 6.45) is 0. The Bertz CT molecular complexity index is 1030. The Hall–Kier alpha value is -3.00. The van der Waals surface area contributed by atoms with Gasteiger partial charge in [0.05, 0.1) is 14.2 Å². The van der Waals surface area contributed by atoms with E-state index in [1.54, 1.807) is 14.2 Å². The van der Waals surface area contributed by atoms with Gasteiger partial charge in [-0.15, -0.1) is 0 Å². The van der Waals surface area contributed by atoms with E-state index in [0.29, 0.717) is 0 Å². The molecule has 0 aliphatic rings. The Labute approximate surface area is 141 Å². The lowest BCUT2D eigenvalue weighted by Crippen LogP contribution is -1.90. The minimum atomic E-state index is 0.852. The van der Waals surface area contributed by atoms with E-state index < -0.39 is 0 Å². The Kier molecular flexibility index (Phi) is 3.58. The maximum Gasteiger partial charge on any atom is 0.127 e. The summed E-state index contributed by atoms with van der Waals surface area (Å²) in [5, 5.41) is 4.61. The smallest absolute Gasteiger partial charge is 0.127 e. The van der Waals surface area contributed by atoms with Gasteiger partial charge in [-0.25, -0.2) is 0 Å². The minimum absolute atomic E-state index is 0.852. The number of hydrogen-bond donors (Lipinski definition) is 0. The first-order valence-corrected chi connectivity index (χ1v) is 7.86. The number of hydrogen-bond acceptors (Lipinski definition) is 2. The van der Waals surface area contributed by atoms with Crippen LogP contribution in [0, 0.1) is 6.07 Å². The molecule has 0 unspecified atom stereocenters. The van der Waals surface area contributed by atoms with Gasteiger partial charge in [-0.2, -0.15) is 0 Å². The standard InChI is InChI=1S/C22H17O2/c1-23-18-10-11-19-17(12-18)8-5-9-20(19)21-13-15-6-3-4-7-16(15)14-22(21)24-2/h3-8,10-14H,1-2H3. The molecule has 0 aromatic heterocycles. The van der Waals surface area contributed by atoms with Crippen LogP contribution in [-0.4, -0.2) is 14.2 Å². The fourth-order valence-corrected chi connectivity index (χ4v) is 3.13. The number of methoxy groups -OCH3 is 2. The highest BCUT2D eigenvalue weighted by molar-refractivity contribution is 6.01. The summed E-state index contributed by atoms with van der Waals surface area (Å²) >= 11 is 0. The second-order valence-electron chi connectivity index (χ2n) is 5.71. The molecule has 0 fully saturated rings. The zero-order valence-electron chi connectivity index (χ0n) is 13.7. The number of fused-ring (bicyclic) bond motifs is 2. The monoisotopic (exact) mass is 313 g/mol. The number of rotatable bonds is 3. The van der Waals surface area contributed by atoms with Gasteiger partial charge in [0.25, 0.3) is 0 Å². The van der Waals surface area contributed by atoms with Crippen molar-refractivity contribution >= 4 is 21.5 Å². The Morgan fingerprint density at radius 3 is 2.29 bits per heavy atom. The van der Waals surface area contributed by atoms with Crippen LogP contribution in [0.15, 0.2) is 66.7 Å². The molecule has 24 heavy (non-hydrogen) atoms. The highest BCUT2D eigenvalue weighted by Crippen LogP contribution is 2.38. The molecule has 117 valence electrons. The first-order valence-electron chi connectivity index (χ1n) is 7.86. The van der Waals surface area contributed by atoms with Gasteiger partial charge >= 0.3 is 0 Å². The van der Waals surface area contributed by atoms with Gasteiger partial charge in [-0.05, 0) is 51.9 Å². The quantitative estimate of drug-likeness (QED) is 0.499.